The first-order chi connectivity index (χ1) is 12.9. The van der Waals surface area contributed by atoms with Gasteiger partial charge in [0.05, 0.1) is 6.20 Å². The van der Waals surface area contributed by atoms with Crippen LogP contribution in [-0.2, 0) is 11.8 Å². The van der Waals surface area contributed by atoms with Crippen molar-refractivity contribution in [2.75, 3.05) is 17.2 Å². The average Bonchev–Trinajstić information content (AvgIpc) is 2.62. The van der Waals surface area contributed by atoms with Gasteiger partial charge in [-0.1, -0.05) is 56.6 Å². The van der Waals surface area contributed by atoms with Crippen molar-refractivity contribution in [2.24, 2.45) is 0 Å². The lowest BCUT2D eigenvalue weighted by atomic mass is 9.87. The van der Waals surface area contributed by atoms with Gasteiger partial charge < -0.3 is 10.6 Å². The maximum atomic E-state index is 6.01. The molecule has 0 amide bonds. The smallest absolute Gasteiger partial charge is 0.249 e. The second-order valence-corrected chi connectivity index (χ2v) is 7.86. The van der Waals surface area contributed by atoms with Crippen molar-refractivity contribution in [3.63, 3.8) is 0 Å². The Labute approximate surface area is 165 Å². The highest BCUT2D eigenvalue weighted by Gasteiger charge is 2.13. The van der Waals surface area contributed by atoms with Gasteiger partial charge in [0, 0.05) is 17.3 Å². The lowest BCUT2D eigenvalue weighted by molar-refractivity contribution is 0.590. The van der Waals surface area contributed by atoms with Crippen LogP contribution < -0.4 is 10.6 Å². The van der Waals surface area contributed by atoms with E-state index in [4.69, 9.17) is 11.6 Å². The first-order valence-electron chi connectivity index (χ1n) is 8.96. The Morgan fingerprint density at radius 1 is 1.04 bits per heavy atom. The van der Waals surface area contributed by atoms with Crippen molar-refractivity contribution < 1.29 is 0 Å². The maximum absolute atomic E-state index is 6.01. The molecule has 0 bridgehead atoms. The summed E-state index contributed by atoms with van der Waals surface area (Å²) in [7, 11) is 0. The molecule has 6 heteroatoms. The molecule has 27 heavy (non-hydrogen) atoms. The number of halogens is 1. The Morgan fingerprint density at radius 2 is 1.81 bits per heavy atom. The summed E-state index contributed by atoms with van der Waals surface area (Å²) >= 11 is 6.01. The Balaban J connectivity index is 1.58. The molecule has 0 aliphatic rings. The van der Waals surface area contributed by atoms with Gasteiger partial charge in [0.25, 0.3) is 0 Å². The number of anilines is 3. The highest BCUT2D eigenvalue weighted by molar-refractivity contribution is 6.30. The highest BCUT2D eigenvalue weighted by Crippen LogP contribution is 2.24. The molecule has 5 nitrogen and oxygen atoms in total. The van der Waals surface area contributed by atoms with E-state index in [-0.39, 0.29) is 5.41 Å². The molecule has 2 aromatic carbocycles. The molecule has 140 valence electrons. The zero-order valence-corrected chi connectivity index (χ0v) is 16.6. The minimum atomic E-state index is 0.128. The molecule has 1 heterocycles. The van der Waals surface area contributed by atoms with Gasteiger partial charge in [-0.2, -0.15) is 10.1 Å². The van der Waals surface area contributed by atoms with Crippen LogP contribution in [0, 0.1) is 0 Å². The molecule has 0 fully saturated rings. The number of hydrogen-bond acceptors (Lipinski definition) is 5. The summed E-state index contributed by atoms with van der Waals surface area (Å²) in [5, 5.41) is 15.3. The number of hydrogen-bond donors (Lipinski definition) is 2. The lowest BCUT2D eigenvalue weighted by Crippen LogP contribution is -2.11. The van der Waals surface area contributed by atoms with Crippen molar-refractivity contribution in [1.82, 2.24) is 15.2 Å². The zero-order valence-electron chi connectivity index (χ0n) is 15.8. The van der Waals surface area contributed by atoms with Crippen LogP contribution in [0.3, 0.4) is 0 Å². The van der Waals surface area contributed by atoms with Gasteiger partial charge in [-0.05, 0) is 47.2 Å². The van der Waals surface area contributed by atoms with Crippen LogP contribution in [-0.4, -0.2) is 21.7 Å². The summed E-state index contributed by atoms with van der Waals surface area (Å²) in [5.74, 6) is 1.15. The Morgan fingerprint density at radius 3 is 2.52 bits per heavy atom. The molecule has 0 atom stereocenters. The van der Waals surface area contributed by atoms with Crippen LogP contribution in [0.1, 0.15) is 31.9 Å². The van der Waals surface area contributed by atoms with Crippen LogP contribution in [0.2, 0.25) is 5.02 Å². The van der Waals surface area contributed by atoms with Gasteiger partial charge in [0.1, 0.15) is 0 Å². The molecule has 3 rings (SSSR count). The standard InChI is InChI=1S/C21H24ClN5/c1-21(2,3)16-7-9-18(10-8-16)25-20-26-19(14-24-27-20)23-12-11-15-5-4-6-17(22)13-15/h4-10,13-14H,11-12H2,1-3H3,(H2,23,25,26,27). The fourth-order valence-corrected chi connectivity index (χ4v) is 2.86. The fraction of sp³-hybridized carbons (Fsp3) is 0.286. The van der Waals surface area contributed by atoms with Crippen molar-refractivity contribution >= 4 is 29.1 Å². The Hall–Kier alpha value is -2.66. The molecule has 2 N–H and O–H groups in total. The predicted molar refractivity (Wildman–Crippen MR) is 112 cm³/mol. The molecule has 0 spiro atoms. The summed E-state index contributed by atoms with van der Waals surface area (Å²) in [4.78, 5) is 4.47. The van der Waals surface area contributed by atoms with E-state index in [0.29, 0.717) is 11.8 Å². The van der Waals surface area contributed by atoms with Gasteiger partial charge in [0.2, 0.25) is 5.95 Å². The molecule has 1 aromatic heterocycles. The molecular weight excluding hydrogens is 358 g/mol. The van der Waals surface area contributed by atoms with Gasteiger partial charge in [-0.15, -0.1) is 5.10 Å². The largest absolute Gasteiger partial charge is 0.368 e. The first kappa shape index (κ1) is 19.1. The van der Waals surface area contributed by atoms with Gasteiger partial charge in [-0.3, -0.25) is 0 Å². The van der Waals surface area contributed by atoms with E-state index in [9.17, 15) is 0 Å². The van der Waals surface area contributed by atoms with E-state index < -0.39 is 0 Å². The third-order valence-electron chi connectivity index (χ3n) is 4.17. The van der Waals surface area contributed by atoms with Crippen molar-refractivity contribution in [2.45, 2.75) is 32.6 Å². The number of nitrogens with zero attached hydrogens (tertiary/aromatic N) is 3. The second-order valence-electron chi connectivity index (χ2n) is 7.42. The van der Waals surface area contributed by atoms with Gasteiger partial charge in [-0.25, -0.2) is 0 Å². The van der Waals surface area contributed by atoms with E-state index in [1.807, 2.05) is 30.3 Å². The predicted octanol–water partition coefficient (Wildman–Crippen LogP) is 5.22. The number of nitrogens with one attached hydrogen (secondary N) is 2. The van der Waals surface area contributed by atoms with Crippen molar-refractivity contribution in [1.29, 1.82) is 0 Å². The summed E-state index contributed by atoms with van der Waals surface area (Å²) in [6, 6.07) is 16.1. The van der Waals surface area contributed by atoms with E-state index in [0.717, 1.165) is 23.7 Å². The third kappa shape index (κ3) is 5.66. The first-order valence-corrected chi connectivity index (χ1v) is 9.33. The van der Waals surface area contributed by atoms with Crippen LogP contribution in [0.4, 0.5) is 17.5 Å². The van der Waals surface area contributed by atoms with E-state index >= 15 is 0 Å². The van der Waals surface area contributed by atoms with Crippen molar-refractivity contribution in [3.8, 4) is 0 Å². The second kappa shape index (κ2) is 8.35. The Kier molecular flexibility index (Phi) is 5.91. The normalized spacial score (nSPS) is 11.3. The molecule has 0 unspecified atom stereocenters. The summed E-state index contributed by atoms with van der Waals surface area (Å²) < 4.78 is 0. The summed E-state index contributed by atoms with van der Waals surface area (Å²) in [6.07, 6.45) is 2.47. The van der Waals surface area contributed by atoms with Crippen LogP contribution in [0.5, 0.6) is 0 Å². The zero-order chi connectivity index (χ0) is 19.3. The molecule has 0 saturated heterocycles. The monoisotopic (exact) mass is 381 g/mol. The maximum Gasteiger partial charge on any atom is 0.249 e. The minimum Gasteiger partial charge on any atom is -0.368 e. The molecule has 3 aromatic rings. The molecule has 0 radical (unpaired) electrons. The van der Waals surface area contributed by atoms with Gasteiger partial charge in [0.15, 0.2) is 5.82 Å². The number of benzene rings is 2. The molecule has 0 aliphatic carbocycles. The van der Waals surface area contributed by atoms with E-state index in [2.05, 4.69) is 64.8 Å². The summed E-state index contributed by atoms with van der Waals surface area (Å²) in [5.41, 5.74) is 3.52. The van der Waals surface area contributed by atoms with Crippen molar-refractivity contribution in [3.05, 3.63) is 70.9 Å². The number of aromatic nitrogens is 3. The van der Waals surface area contributed by atoms with Crippen LogP contribution in [0.15, 0.2) is 54.7 Å². The topological polar surface area (TPSA) is 62.7 Å². The van der Waals surface area contributed by atoms with Crippen LogP contribution in [0.25, 0.3) is 0 Å². The fourth-order valence-electron chi connectivity index (χ4n) is 2.65. The average molecular weight is 382 g/mol. The number of rotatable bonds is 6. The van der Waals surface area contributed by atoms with E-state index in [1.165, 1.54) is 11.1 Å². The quantitative estimate of drug-likeness (QED) is 0.612. The summed E-state index contributed by atoms with van der Waals surface area (Å²) in [6.45, 7) is 7.32. The molecule has 0 aliphatic heterocycles. The Bertz CT molecular complexity index is 888. The lowest BCUT2D eigenvalue weighted by Gasteiger charge is -2.19. The highest BCUT2D eigenvalue weighted by atomic mass is 35.5. The third-order valence-corrected chi connectivity index (χ3v) is 4.41. The minimum absolute atomic E-state index is 0.128. The van der Waals surface area contributed by atoms with E-state index in [1.54, 1.807) is 6.20 Å². The molecular formula is C21H24ClN5. The molecule has 0 saturated carbocycles. The SMILES string of the molecule is CC(C)(C)c1ccc(Nc2nncc(NCCc3cccc(Cl)c3)n2)cc1. The van der Waals surface area contributed by atoms with Gasteiger partial charge >= 0.3 is 0 Å². The van der Waals surface area contributed by atoms with Crippen LogP contribution >= 0.6 is 11.6 Å².